The van der Waals surface area contributed by atoms with Crippen LogP contribution in [0.3, 0.4) is 0 Å². The summed E-state index contributed by atoms with van der Waals surface area (Å²) in [5.74, 6) is 0.526. The third-order valence-corrected chi connectivity index (χ3v) is 7.40. The second-order valence-electron chi connectivity index (χ2n) is 7.19. The first-order valence-corrected chi connectivity index (χ1v) is 11.6. The van der Waals surface area contributed by atoms with Gasteiger partial charge in [0, 0.05) is 25.6 Å². The summed E-state index contributed by atoms with van der Waals surface area (Å²) in [6, 6.07) is 11.4. The van der Waals surface area contributed by atoms with Crippen LogP contribution in [0.25, 0.3) is 0 Å². The van der Waals surface area contributed by atoms with Gasteiger partial charge in [0.15, 0.2) is 11.5 Å². The number of benzene rings is 2. The fourth-order valence-electron chi connectivity index (χ4n) is 3.50. The molecule has 7 nitrogen and oxygen atoms in total. The lowest BCUT2D eigenvalue weighted by molar-refractivity contribution is -0.140. The van der Waals surface area contributed by atoms with Crippen molar-refractivity contribution in [2.75, 3.05) is 26.3 Å². The lowest BCUT2D eigenvalue weighted by Crippen LogP contribution is -2.41. The van der Waals surface area contributed by atoms with Crippen LogP contribution >= 0.6 is 11.6 Å². The number of nitrogens with zero attached hydrogens (tertiary/aromatic N) is 1. The Labute approximate surface area is 180 Å². The number of carbonyl (C=O) groups is 1. The predicted octanol–water partition coefficient (Wildman–Crippen LogP) is 3.51. The Morgan fingerprint density at radius 3 is 2.47 bits per heavy atom. The molecule has 30 heavy (non-hydrogen) atoms. The van der Waals surface area contributed by atoms with Crippen LogP contribution in [-0.4, -0.2) is 45.0 Å². The summed E-state index contributed by atoms with van der Waals surface area (Å²) in [7, 11) is -3.70. The molecule has 0 spiro atoms. The highest BCUT2D eigenvalue weighted by Crippen LogP contribution is 2.34. The number of hydrogen-bond acceptors (Lipinski definition) is 6. The maximum absolute atomic E-state index is 13.1. The van der Waals surface area contributed by atoms with Gasteiger partial charge in [-0.05, 0) is 37.1 Å². The first-order chi connectivity index (χ1) is 14.4. The van der Waals surface area contributed by atoms with Gasteiger partial charge in [-0.1, -0.05) is 23.7 Å². The molecule has 1 fully saturated rings. The van der Waals surface area contributed by atoms with E-state index < -0.39 is 16.0 Å². The SMILES string of the molecule is O=C(Oc1ccccc1Cl)C1CCN(S(=O)(=O)c2ccc3c(c2)OCCCO3)CC1. The van der Waals surface area contributed by atoms with Gasteiger partial charge in [0.05, 0.1) is 29.0 Å². The van der Waals surface area contributed by atoms with E-state index in [-0.39, 0.29) is 23.9 Å². The van der Waals surface area contributed by atoms with Gasteiger partial charge >= 0.3 is 5.97 Å². The van der Waals surface area contributed by atoms with E-state index in [1.165, 1.54) is 16.4 Å². The number of rotatable bonds is 4. The van der Waals surface area contributed by atoms with Gasteiger partial charge in [-0.2, -0.15) is 4.31 Å². The third kappa shape index (κ3) is 4.40. The second kappa shape index (κ2) is 8.83. The molecule has 0 unspecified atom stereocenters. The summed E-state index contributed by atoms with van der Waals surface area (Å²) in [6.07, 6.45) is 1.51. The molecule has 4 rings (SSSR count). The molecule has 2 aliphatic rings. The van der Waals surface area contributed by atoms with Crippen molar-refractivity contribution in [2.24, 2.45) is 5.92 Å². The average Bonchev–Trinajstić information content (AvgIpc) is 3.00. The second-order valence-corrected chi connectivity index (χ2v) is 9.53. The van der Waals surface area contributed by atoms with E-state index in [1.54, 1.807) is 30.3 Å². The Morgan fingerprint density at radius 1 is 1.03 bits per heavy atom. The van der Waals surface area contributed by atoms with Gasteiger partial charge in [0.1, 0.15) is 5.75 Å². The molecular formula is C21H22ClNO6S. The highest BCUT2D eigenvalue weighted by atomic mass is 35.5. The molecule has 0 N–H and O–H groups in total. The van der Waals surface area contributed by atoms with Gasteiger partial charge in [0.2, 0.25) is 10.0 Å². The minimum atomic E-state index is -3.70. The van der Waals surface area contributed by atoms with Crippen molar-refractivity contribution >= 4 is 27.6 Å². The molecular weight excluding hydrogens is 430 g/mol. The summed E-state index contributed by atoms with van der Waals surface area (Å²) >= 11 is 6.03. The maximum atomic E-state index is 13.1. The Kier molecular flexibility index (Phi) is 6.17. The summed E-state index contributed by atoms with van der Waals surface area (Å²) in [4.78, 5) is 12.6. The number of para-hydroxylation sites is 1. The predicted molar refractivity (Wildman–Crippen MR) is 111 cm³/mol. The van der Waals surface area contributed by atoms with Crippen LogP contribution in [0.15, 0.2) is 47.4 Å². The molecule has 0 saturated carbocycles. The van der Waals surface area contributed by atoms with Gasteiger partial charge in [0.25, 0.3) is 0 Å². The van der Waals surface area contributed by atoms with E-state index >= 15 is 0 Å². The standard InChI is InChI=1S/C21H22ClNO6S/c22-17-4-1-2-5-18(17)29-21(24)15-8-10-23(11-9-15)30(25,26)16-6-7-19-20(14-16)28-13-3-12-27-19/h1-2,4-7,14-15H,3,8-13H2. The molecule has 2 aliphatic heterocycles. The largest absolute Gasteiger partial charge is 0.490 e. The first-order valence-electron chi connectivity index (χ1n) is 9.81. The molecule has 0 atom stereocenters. The van der Waals surface area contributed by atoms with Crippen LogP contribution in [0.2, 0.25) is 5.02 Å². The molecule has 0 aliphatic carbocycles. The molecule has 0 bridgehead atoms. The number of sulfonamides is 1. The highest BCUT2D eigenvalue weighted by Gasteiger charge is 2.33. The summed E-state index contributed by atoms with van der Waals surface area (Å²) in [5, 5.41) is 0.361. The van der Waals surface area contributed by atoms with E-state index in [1.807, 2.05) is 0 Å². The molecule has 0 aromatic heterocycles. The average molecular weight is 452 g/mol. The van der Waals surface area contributed by atoms with Crippen molar-refractivity contribution in [1.82, 2.24) is 4.31 Å². The van der Waals surface area contributed by atoms with Crippen LogP contribution in [0.1, 0.15) is 19.3 Å². The minimum Gasteiger partial charge on any atom is -0.490 e. The maximum Gasteiger partial charge on any atom is 0.314 e. The number of ether oxygens (including phenoxy) is 3. The van der Waals surface area contributed by atoms with Crippen LogP contribution < -0.4 is 14.2 Å². The van der Waals surface area contributed by atoms with E-state index in [4.69, 9.17) is 25.8 Å². The Morgan fingerprint density at radius 2 is 1.73 bits per heavy atom. The van der Waals surface area contributed by atoms with E-state index in [0.29, 0.717) is 48.3 Å². The van der Waals surface area contributed by atoms with E-state index in [2.05, 4.69) is 0 Å². The molecule has 2 heterocycles. The molecule has 9 heteroatoms. The van der Waals surface area contributed by atoms with Gasteiger partial charge < -0.3 is 14.2 Å². The highest BCUT2D eigenvalue weighted by molar-refractivity contribution is 7.89. The van der Waals surface area contributed by atoms with E-state index in [9.17, 15) is 13.2 Å². The number of fused-ring (bicyclic) bond motifs is 1. The zero-order valence-corrected chi connectivity index (χ0v) is 17.8. The van der Waals surface area contributed by atoms with Crippen LogP contribution in [0, 0.1) is 5.92 Å². The quantitative estimate of drug-likeness (QED) is 0.522. The lowest BCUT2D eigenvalue weighted by Gasteiger charge is -2.30. The monoisotopic (exact) mass is 451 g/mol. The fourth-order valence-corrected chi connectivity index (χ4v) is 5.16. The molecule has 2 aromatic rings. The third-order valence-electron chi connectivity index (χ3n) is 5.19. The molecule has 0 radical (unpaired) electrons. The zero-order valence-electron chi connectivity index (χ0n) is 16.3. The van der Waals surface area contributed by atoms with Crippen molar-refractivity contribution in [2.45, 2.75) is 24.2 Å². The fraction of sp³-hybridized carbons (Fsp3) is 0.381. The number of hydrogen-bond donors (Lipinski definition) is 0. The van der Waals surface area contributed by atoms with Crippen molar-refractivity contribution < 1.29 is 27.4 Å². The summed E-state index contributed by atoms with van der Waals surface area (Å²) < 4.78 is 44.1. The number of esters is 1. The first kappa shape index (κ1) is 21.0. The van der Waals surface area contributed by atoms with Crippen molar-refractivity contribution in [3.8, 4) is 17.2 Å². The normalized spacial score (nSPS) is 17.9. The number of halogens is 1. The lowest BCUT2D eigenvalue weighted by atomic mass is 9.98. The van der Waals surface area contributed by atoms with E-state index in [0.717, 1.165) is 6.42 Å². The zero-order chi connectivity index (χ0) is 21.1. The van der Waals surface area contributed by atoms with Gasteiger partial charge in [-0.15, -0.1) is 0 Å². The van der Waals surface area contributed by atoms with Crippen molar-refractivity contribution in [1.29, 1.82) is 0 Å². The van der Waals surface area contributed by atoms with Crippen molar-refractivity contribution in [3.63, 3.8) is 0 Å². The topological polar surface area (TPSA) is 82.1 Å². The smallest absolute Gasteiger partial charge is 0.314 e. The molecule has 160 valence electrons. The summed E-state index contributed by atoms with van der Waals surface area (Å²) in [5.41, 5.74) is 0. The minimum absolute atomic E-state index is 0.156. The molecule has 2 aromatic carbocycles. The van der Waals surface area contributed by atoms with Crippen LogP contribution in [0.5, 0.6) is 17.2 Å². The van der Waals surface area contributed by atoms with Crippen molar-refractivity contribution in [3.05, 3.63) is 47.5 Å². The van der Waals surface area contributed by atoms with Crippen LogP contribution in [-0.2, 0) is 14.8 Å². The molecule has 1 saturated heterocycles. The number of carbonyl (C=O) groups excluding carboxylic acids is 1. The van der Waals surface area contributed by atoms with Crippen LogP contribution in [0.4, 0.5) is 0 Å². The number of piperidine rings is 1. The summed E-state index contributed by atoms with van der Waals surface area (Å²) in [6.45, 7) is 1.49. The van der Waals surface area contributed by atoms with Gasteiger partial charge in [-0.3, -0.25) is 4.79 Å². The molecule has 0 amide bonds. The Bertz CT molecular complexity index is 1030. The Balaban J connectivity index is 1.41. The Hall–Kier alpha value is -2.29. The van der Waals surface area contributed by atoms with Gasteiger partial charge in [-0.25, -0.2) is 8.42 Å².